The number of aromatic nitrogens is 3. The lowest BCUT2D eigenvalue weighted by Crippen LogP contribution is -2.04. The number of hydrogen-bond acceptors (Lipinski definition) is 7. The molecular weight excluding hydrogens is 338 g/mol. The van der Waals surface area contributed by atoms with E-state index < -0.39 is 9.84 Å². The van der Waals surface area contributed by atoms with Crippen molar-refractivity contribution < 1.29 is 8.42 Å². The maximum atomic E-state index is 12.0. The molecule has 3 aromatic rings. The van der Waals surface area contributed by atoms with Crippen molar-refractivity contribution in [2.24, 2.45) is 0 Å². The van der Waals surface area contributed by atoms with Crippen molar-refractivity contribution >= 4 is 32.8 Å². The van der Waals surface area contributed by atoms with Gasteiger partial charge in [-0.2, -0.15) is 0 Å². The molecule has 1 aromatic carbocycles. The zero-order chi connectivity index (χ0) is 17.7. The first-order valence-corrected chi connectivity index (χ1v) is 9.31. The third-order valence-corrected chi connectivity index (χ3v) is 5.18. The number of hydrogen-bond donors (Lipinski definition) is 2. The molecule has 0 radical (unpaired) electrons. The topological polar surface area (TPSA) is 96.9 Å². The second kappa shape index (κ2) is 7.27. The highest BCUT2D eigenvalue weighted by Crippen LogP contribution is 2.21. The second-order valence-electron chi connectivity index (χ2n) is 5.21. The van der Waals surface area contributed by atoms with Gasteiger partial charge in [0.25, 0.3) is 0 Å². The highest BCUT2D eigenvalue weighted by Gasteiger charge is 2.11. The van der Waals surface area contributed by atoms with Crippen molar-refractivity contribution in [2.75, 3.05) is 16.4 Å². The number of anilines is 4. The van der Waals surface area contributed by atoms with E-state index in [1.807, 2.05) is 12.1 Å². The van der Waals surface area contributed by atoms with Gasteiger partial charge < -0.3 is 10.6 Å². The molecule has 3 rings (SSSR count). The van der Waals surface area contributed by atoms with Gasteiger partial charge in [0, 0.05) is 18.0 Å². The number of nitrogens with zero attached hydrogens (tertiary/aromatic N) is 3. The second-order valence-corrected chi connectivity index (χ2v) is 7.49. The molecule has 0 atom stereocenters. The highest BCUT2D eigenvalue weighted by atomic mass is 32.2. The minimum atomic E-state index is -3.25. The van der Waals surface area contributed by atoms with Gasteiger partial charge in [0.15, 0.2) is 9.84 Å². The lowest BCUT2D eigenvalue weighted by atomic mass is 10.3. The summed E-state index contributed by atoms with van der Waals surface area (Å²) in [5.74, 6) is 1.21. The molecule has 2 aromatic heterocycles. The number of benzene rings is 1. The predicted molar refractivity (Wildman–Crippen MR) is 97.0 cm³/mol. The number of pyridine rings is 1. The fraction of sp³-hybridized carbons (Fsp3) is 0.118. The van der Waals surface area contributed by atoms with Crippen molar-refractivity contribution in [1.29, 1.82) is 0 Å². The Bertz CT molecular complexity index is 962. The standard InChI is InChI=1S/C17H17N5O2S/c1-2-25(23,24)15-7-3-5-13(9-15)21-16-10-17(20-12-19-16)22-14-6-4-8-18-11-14/h3-12H,2H2,1H3,(H2,19,20,21,22). The van der Waals surface area contributed by atoms with Crippen LogP contribution in [-0.4, -0.2) is 29.1 Å². The molecule has 7 nitrogen and oxygen atoms in total. The number of nitrogens with one attached hydrogen (secondary N) is 2. The van der Waals surface area contributed by atoms with Gasteiger partial charge in [-0.05, 0) is 30.3 Å². The third-order valence-electron chi connectivity index (χ3n) is 3.45. The summed E-state index contributed by atoms with van der Waals surface area (Å²) in [5.41, 5.74) is 1.45. The molecule has 2 heterocycles. The van der Waals surface area contributed by atoms with E-state index in [1.165, 1.54) is 6.33 Å². The molecule has 0 saturated heterocycles. The molecule has 0 amide bonds. The van der Waals surface area contributed by atoms with Gasteiger partial charge in [-0.15, -0.1) is 0 Å². The summed E-state index contributed by atoms with van der Waals surface area (Å²) < 4.78 is 24.0. The maximum Gasteiger partial charge on any atom is 0.178 e. The van der Waals surface area contributed by atoms with E-state index in [2.05, 4.69) is 25.6 Å². The van der Waals surface area contributed by atoms with Crippen molar-refractivity contribution in [1.82, 2.24) is 15.0 Å². The fourth-order valence-electron chi connectivity index (χ4n) is 2.16. The van der Waals surface area contributed by atoms with E-state index in [-0.39, 0.29) is 10.6 Å². The molecule has 25 heavy (non-hydrogen) atoms. The van der Waals surface area contributed by atoms with Gasteiger partial charge >= 0.3 is 0 Å². The Morgan fingerprint density at radius 2 is 1.68 bits per heavy atom. The van der Waals surface area contributed by atoms with Gasteiger partial charge in [0.1, 0.15) is 18.0 Å². The van der Waals surface area contributed by atoms with Crippen LogP contribution >= 0.6 is 0 Å². The lowest BCUT2D eigenvalue weighted by molar-refractivity contribution is 0.597. The molecule has 0 aliphatic carbocycles. The summed E-state index contributed by atoms with van der Waals surface area (Å²) in [6.45, 7) is 1.62. The fourth-order valence-corrected chi connectivity index (χ4v) is 3.09. The molecule has 0 aliphatic rings. The molecule has 0 spiro atoms. The minimum Gasteiger partial charge on any atom is -0.340 e. The first-order valence-electron chi connectivity index (χ1n) is 7.66. The number of rotatable bonds is 6. The SMILES string of the molecule is CCS(=O)(=O)c1cccc(Nc2cc(Nc3cccnc3)ncn2)c1. The van der Waals surface area contributed by atoms with Crippen LogP contribution in [0.3, 0.4) is 0 Å². The molecule has 0 fully saturated rings. The van der Waals surface area contributed by atoms with Crippen LogP contribution < -0.4 is 10.6 Å². The summed E-state index contributed by atoms with van der Waals surface area (Å²) in [4.78, 5) is 12.6. The normalized spacial score (nSPS) is 11.1. The van der Waals surface area contributed by atoms with Crippen molar-refractivity contribution in [3.63, 3.8) is 0 Å². The van der Waals surface area contributed by atoms with Gasteiger partial charge in [-0.1, -0.05) is 13.0 Å². The van der Waals surface area contributed by atoms with Crippen LogP contribution in [0, 0.1) is 0 Å². The van der Waals surface area contributed by atoms with Crippen molar-refractivity contribution in [2.45, 2.75) is 11.8 Å². The summed E-state index contributed by atoms with van der Waals surface area (Å²) in [5, 5.41) is 6.22. The Morgan fingerprint density at radius 3 is 2.36 bits per heavy atom. The summed E-state index contributed by atoms with van der Waals surface area (Å²) >= 11 is 0. The largest absolute Gasteiger partial charge is 0.340 e. The Labute approximate surface area is 146 Å². The van der Waals surface area contributed by atoms with Gasteiger partial charge in [-0.3, -0.25) is 4.98 Å². The molecule has 0 bridgehead atoms. The zero-order valence-electron chi connectivity index (χ0n) is 13.5. The molecule has 0 unspecified atom stereocenters. The average molecular weight is 355 g/mol. The van der Waals surface area contributed by atoms with Crippen molar-refractivity contribution in [3.8, 4) is 0 Å². The Balaban J connectivity index is 1.80. The minimum absolute atomic E-state index is 0.0587. The summed E-state index contributed by atoms with van der Waals surface area (Å²) in [7, 11) is -3.25. The van der Waals surface area contributed by atoms with Crippen LogP contribution in [0.5, 0.6) is 0 Å². The summed E-state index contributed by atoms with van der Waals surface area (Å²) in [6.07, 6.45) is 4.80. The Morgan fingerprint density at radius 1 is 0.960 bits per heavy atom. The first kappa shape index (κ1) is 16.8. The molecule has 8 heteroatoms. The van der Waals surface area contributed by atoms with Crippen molar-refractivity contribution in [3.05, 3.63) is 61.2 Å². The lowest BCUT2D eigenvalue weighted by Gasteiger charge is -2.09. The Hall–Kier alpha value is -3.00. The van der Waals surface area contributed by atoms with Gasteiger partial charge in [-0.25, -0.2) is 18.4 Å². The monoisotopic (exact) mass is 355 g/mol. The molecule has 128 valence electrons. The van der Waals surface area contributed by atoms with Gasteiger partial charge in [0.2, 0.25) is 0 Å². The molecular formula is C17H17N5O2S. The third kappa shape index (κ3) is 4.30. The van der Waals surface area contributed by atoms with Crippen LogP contribution in [0.2, 0.25) is 0 Å². The van der Waals surface area contributed by atoms with Crippen LogP contribution in [-0.2, 0) is 9.84 Å². The molecule has 0 aliphatic heterocycles. The van der Waals surface area contributed by atoms with Crippen LogP contribution in [0.1, 0.15) is 6.92 Å². The van der Waals surface area contributed by atoms with E-state index >= 15 is 0 Å². The Kier molecular flexibility index (Phi) is 4.90. The van der Waals surface area contributed by atoms with E-state index in [1.54, 1.807) is 49.6 Å². The molecule has 2 N–H and O–H groups in total. The van der Waals surface area contributed by atoms with E-state index in [4.69, 9.17) is 0 Å². The van der Waals surface area contributed by atoms with E-state index in [9.17, 15) is 8.42 Å². The predicted octanol–water partition coefficient (Wildman–Crippen LogP) is 3.15. The first-order chi connectivity index (χ1) is 12.1. The highest BCUT2D eigenvalue weighted by molar-refractivity contribution is 7.91. The van der Waals surface area contributed by atoms with E-state index in [0.29, 0.717) is 17.3 Å². The average Bonchev–Trinajstić information content (AvgIpc) is 2.63. The summed E-state index contributed by atoms with van der Waals surface area (Å²) in [6, 6.07) is 12.1. The number of sulfone groups is 1. The van der Waals surface area contributed by atoms with Crippen LogP contribution in [0.25, 0.3) is 0 Å². The smallest absolute Gasteiger partial charge is 0.178 e. The quantitative estimate of drug-likeness (QED) is 0.701. The van der Waals surface area contributed by atoms with Crippen LogP contribution in [0.4, 0.5) is 23.0 Å². The maximum absolute atomic E-state index is 12.0. The van der Waals surface area contributed by atoms with E-state index in [0.717, 1.165) is 5.69 Å². The zero-order valence-corrected chi connectivity index (χ0v) is 14.4. The van der Waals surface area contributed by atoms with Crippen LogP contribution in [0.15, 0.2) is 66.1 Å². The molecule has 0 saturated carbocycles. The van der Waals surface area contributed by atoms with Gasteiger partial charge in [0.05, 0.1) is 22.5 Å².